The molecule has 286 valence electrons. The van der Waals surface area contributed by atoms with Crippen LogP contribution in [0.15, 0.2) is 52.3 Å². The number of carbonyl (C=O) groups excluding carboxylic acids is 3. The van der Waals surface area contributed by atoms with Crippen LogP contribution in [-0.2, 0) is 14.4 Å². The Morgan fingerprint density at radius 3 is 2.45 bits per heavy atom. The summed E-state index contributed by atoms with van der Waals surface area (Å²) < 4.78 is 3.13. The Labute approximate surface area is 326 Å². The summed E-state index contributed by atoms with van der Waals surface area (Å²) in [7, 11) is 0. The summed E-state index contributed by atoms with van der Waals surface area (Å²) in [6.45, 7) is 7.39. The SMILES string of the molecule is Cc1sc2c(c1C)C(c1ccc(Cl)cc1)=N[C@@H](CC(=O)NCCCCCCCCNc1cccc3nnn(C4CCC(=O)NC4=O)c(=O)c13)c1nnc(C)n1-2. The number of rotatable bonds is 14. The smallest absolute Gasteiger partial charge is 0.280 e. The van der Waals surface area contributed by atoms with Gasteiger partial charge in [-0.25, -0.2) is 0 Å². The van der Waals surface area contributed by atoms with E-state index in [2.05, 4.69) is 54.9 Å². The number of halogens is 1. The van der Waals surface area contributed by atoms with Crippen molar-refractivity contribution in [1.82, 2.24) is 40.4 Å². The number of benzene rings is 2. The number of amides is 3. The fourth-order valence-electron chi connectivity index (χ4n) is 7.15. The van der Waals surface area contributed by atoms with Crippen LogP contribution in [0.25, 0.3) is 15.9 Å². The summed E-state index contributed by atoms with van der Waals surface area (Å²) in [6, 6.07) is 11.6. The van der Waals surface area contributed by atoms with E-state index in [-0.39, 0.29) is 31.1 Å². The maximum atomic E-state index is 13.4. The fourth-order valence-corrected chi connectivity index (χ4v) is 8.49. The second-order valence-corrected chi connectivity index (χ2v) is 15.7. The van der Waals surface area contributed by atoms with Crippen molar-refractivity contribution in [2.45, 2.75) is 90.6 Å². The Kier molecular flexibility index (Phi) is 11.5. The predicted octanol–water partition coefficient (Wildman–Crippen LogP) is 5.84. The monoisotopic (exact) mass is 782 g/mol. The van der Waals surface area contributed by atoms with Crippen LogP contribution in [0.5, 0.6) is 0 Å². The van der Waals surface area contributed by atoms with Crippen LogP contribution in [0, 0.1) is 20.8 Å². The first-order chi connectivity index (χ1) is 26.6. The number of aliphatic imine (C=N–C) groups is 1. The first kappa shape index (κ1) is 38.0. The molecule has 5 aromatic rings. The zero-order valence-electron chi connectivity index (χ0n) is 31.0. The Hall–Kier alpha value is -5.28. The molecule has 0 bridgehead atoms. The number of imide groups is 1. The van der Waals surface area contributed by atoms with E-state index in [1.807, 2.05) is 43.3 Å². The van der Waals surface area contributed by atoms with E-state index in [9.17, 15) is 19.2 Å². The molecule has 16 heteroatoms. The van der Waals surface area contributed by atoms with E-state index >= 15 is 0 Å². The van der Waals surface area contributed by atoms with E-state index in [1.165, 1.54) is 4.88 Å². The molecule has 14 nitrogen and oxygen atoms in total. The second-order valence-electron chi connectivity index (χ2n) is 14.0. The second kappa shape index (κ2) is 16.6. The molecule has 2 atom stereocenters. The number of piperidine rings is 1. The lowest BCUT2D eigenvalue weighted by Gasteiger charge is -2.21. The van der Waals surface area contributed by atoms with Crippen molar-refractivity contribution in [2.24, 2.45) is 4.99 Å². The molecule has 5 heterocycles. The number of fused-ring (bicyclic) bond motifs is 4. The minimum absolute atomic E-state index is 0.0797. The molecule has 2 aromatic carbocycles. The number of anilines is 1. The van der Waals surface area contributed by atoms with Gasteiger partial charge in [0.25, 0.3) is 11.5 Å². The van der Waals surface area contributed by atoms with E-state index < -0.39 is 23.6 Å². The molecular weight excluding hydrogens is 740 g/mol. The number of thiophene rings is 1. The molecule has 1 saturated heterocycles. The van der Waals surface area contributed by atoms with E-state index in [1.54, 1.807) is 17.4 Å². The van der Waals surface area contributed by atoms with Gasteiger partial charge < -0.3 is 10.6 Å². The van der Waals surface area contributed by atoms with Crippen molar-refractivity contribution < 1.29 is 14.4 Å². The number of aromatic nitrogens is 6. The maximum absolute atomic E-state index is 13.4. The largest absolute Gasteiger partial charge is 0.384 e. The van der Waals surface area contributed by atoms with Gasteiger partial charge in [0, 0.05) is 46.2 Å². The van der Waals surface area contributed by atoms with Crippen LogP contribution in [0.2, 0.25) is 5.02 Å². The first-order valence-corrected chi connectivity index (χ1v) is 19.9. The van der Waals surface area contributed by atoms with Gasteiger partial charge in [-0.1, -0.05) is 60.7 Å². The number of unbranched alkanes of at least 4 members (excludes halogenated alkanes) is 5. The number of nitrogens with zero attached hydrogens (tertiary/aromatic N) is 7. The maximum Gasteiger partial charge on any atom is 0.280 e. The highest BCUT2D eigenvalue weighted by atomic mass is 35.5. The molecule has 2 aliphatic heterocycles. The fraction of sp³-hybridized carbons (Fsp3) is 0.410. The molecule has 0 aliphatic carbocycles. The van der Waals surface area contributed by atoms with Gasteiger partial charge in [-0.15, -0.1) is 26.6 Å². The van der Waals surface area contributed by atoms with Gasteiger partial charge in [-0.05, 0) is 69.9 Å². The molecule has 0 saturated carbocycles. The van der Waals surface area contributed by atoms with Crippen molar-refractivity contribution >= 4 is 63.0 Å². The van der Waals surface area contributed by atoms with Crippen molar-refractivity contribution in [3.05, 3.63) is 91.1 Å². The first-order valence-electron chi connectivity index (χ1n) is 18.7. The number of hydrogen-bond donors (Lipinski definition) is 3. The molecule has 7 rings (SSSR count). The van der Waals surface area contributed by atoms with Gasteiger partial charge >= 0.3 is 0 Å². The Bertz CT molecular complexity index is 2350. The van der Waals surface area contributed by atoms with Crippen molar-refractivity contribution in [3.8, 4) is 5.00 Å². The standard InChI is InChI=1S/C39H43ClN10O4S/c1-22-23(2)55-39-33(22)35(25-13-15-26(40)16-14-25)43-29(36-47-45-24(3)49(36)39)21-32(52)42-20-9-7-5-4-6-8-19-41-27-11-10-12-28-34(27)38(54)50(48-46-28)30-17-18-31(51)44-37(30)53/h10-16,29-30,41H,4-9,17-21H2,1-3H3,(H,42,52)(H,44,51,53)/t29-,30?/m0/s1. The summed E-state index contributed by atoms with van der Waals surface area (Å²) in [5.74, 6) is 0.434. The molecular formula is C39H43ClN10O4S. The molecule has 3 N–H and O–H groups in total. The lowest BCUT2D eigenvalue weighted by atomic mass is 9.99. The van der Waals surface area contributed by atoms with Crippen LogP contribution < -0.4 is 21.5 Å². The highest BCUT2D eigenvalue weighted by Gasteiger charge is 2.33. The number of aryl methyl sites for hydroxylation is 2. The number of nitrogens with one attached hydrogen (secondary N) is 3. The lowest BCUT2D eigenvalue weighted by Crippen LogP contribution is -2.45. The van der Waals surface area contributed by atoms with Crippen molar-refractivity contribution in [1.29, 1.82) is 0 Å². The minimum atomic E-state index is -0.871. The van der Waals surface area contributed by atoms with E-state index in [4.69, 9.17) is 16.6 Å². The predicted molar refractivity (Wildman–Crippen MR) is 212 cm³/mol. The molecule has 3 aromatic heterocycles. The third-order valence-corrected chi connectivity index (χ3v) is 11.6. The Morgan fingerprint density at radius 1 is 0.945 bits per heavy atom. The lowest BCUT2D eigenvalue weighted by molar-refractivity contribution is -0.136. The zero-order valence-corrected chi connectivity index (χ0v) is 32.6. The minimum Gasteiger partial charge on any atom is -0.384 e. The van der Waals surface area contributed by atoms with Gasteiger partial charge in [0.1, 0.15) is 28.4 Å². The summed E-state index contributed by atoms with van der Waals surface area (Å²) >= 11 is 7.91. The van der Waals surface area contributed by atoms with Crippen LogP contribution in [0.3, 0.4) is 0 Å². The molecule has 1 fully saturated rings. The summed E-state index contributed by atoms with van der Waals surface area (Å²) in [4.78, 5) is 57.0. The third kappa shape index (κ3) is 8.08. The molecule has 55 heavy (non-hydrogen) atoms. The van der Waals surface area contributed by atoms with E-state index in [0.717, 1.165) is 76.4 Å². The van der Waals surface area contributed by atoms with Gasteiger partial charge in [-0.3, -0.25) is 34.1 Å². The topological polar surface area (TPSA) is 178 Å². The van der Waals surface area contributed by atoms with E-state index in [0.29, 0.717) is 40.5 Å². The Morgan fingerprint density at radius 2 is 1.69 bits per heavy atom. The molecule has 1 unspecified atom stereocenters. The zero-order chi connectivity index (χ0) is 38.6. The average Bonchev–Trinajstić information content (AvgIpc) is 3.64. The van der Waals surface area contributed by atoms with Crippen molar-refractivity contribution in [2.75, 3.05) is 18.4 Å². The van der Waals surface area contributed by atoms with Gasteiger partial charge in [0.05, 0.1) is 17.5 Å². The Balaban J connectivity index is 0.879. The molecule has 3 amide bonds. The molecule has 0 spiro atoms. The summed E-state index contributed by atoms with van der Waals surface area (Å²) in [5.41, 5.74) is 4.60. The normalized spacial score (nSPS) is 16.6. The van der Waals surface area contributed by atoms with Gasteiger partial charge in [0.2, 0.25) is 11.8 Å². The highest BCUT2D eigenvalue weighted by Crippen LogP contribution is 2.39. The third-order valence-electron chi connectivity index (χ3n) is 10.2. The average molecular weight is 783 g/mol. The van der Waals surface area contributed by atoms with Crippen LogP contribution in [-0.4, -0.2) is 66.3 Å². The number of carbonyl (C=O) groups is 3. The van der Waals surface area contributed by atoms with Crippen LogP contribution in [0.4, 0.5) is 5.69 Å². The number of hydrogen-bond acceptors (Lipinski definition) is 11. The summed E-state index contributed by atoms with van der Waals surface area (Å²) in [6.07, 6.45) is 6.35. The molecule has 0 radical (unpaired) electrons. The van der Waals surface area contributed by atoms with Gasteiger partial charge in [-0.2, -0.15) is 4.68 Å². The van der Waals surface area contributed by atoms with Gasteiger partial charge in [0.15, 0.2) is 5.82 Å². The quantitative estimate of drug-likeness (QED) is 0.0922. The summed E-state index contributed by atoms with van der Waals surface area (Å²) in [5, 5.41) is 27.8. The molecule has 2 aliphatic rings. The van der Waals surface area contributed by atoms with Crippen LogP contribution >= 0.6 is 22.9 Å². The highest BCUT2D eigenvalue weighted by molar-refractivity contribution is 7.15. The van der Waals surface area contributed by atoms with Crippen molar-refractivity contribution in [3.63, 3.8) is 0 Å². The van der Waals surface area contributed by atoms with Crippen LogP contribution in [0.1, 0.15) is 103 Å².